The van der Waals surface area contributed by atoms with E-state index in [-0.39, 0.29) is 6.61 Å². The van der Waals surface area contributed by atoms with E-state index in [9.17, 15) is 8.78 Å². The van der Waals surface area contributed by atoms with Crippen molar-refractivity contribution < 1.29 is 13.5 Å². The van der Waals surface area contributed by atoms with Gasteiger partial charge in [0, 0.05) is 12.6 Å². The lowest BCUT2D eigenvalue weighted by atomic mass is 10.5. The van der Waals surface area contributed by atoms with Gasteiger partial charge in [0.15, 0.2) is 0 Å². The summed E-state index contributed by atoms with van der Waals surface area (Å²) in [5, 5.41) is 3.23. The van der Waals surface area contributed by atoms with Crippen LogP contribution < -0.4 is 5.32 Å². The Morgan fingerprint density at radius 1 is 1.50 bits per heavy atom. The van der Waals surface area contributed by atoms with Crippen LogP contribution in [0.2, 0.25) is 5.15 Å². The molecule has 0 bridgehead atoms. The Labute approximate surface area is 97.0 Å². The van der Waals surface area contributed by atoms with Gasteiger partial charge in [-0.3, -0.25) is 0 Å². The van der Waals surface area contributed by atoms with E-state index in [0.717, 1.165) is 0 Å². The molecular formula is C9H12ClF2N3O. The second-order valence-corrected chi connectivity index (χ2v) is 3.40. The highest BCUT2D eigenvalue weighted by molar-refractivity contribution is 6.29. The Bertz CT molecular complexity index is 318. The van der Waals surface area contributed by atoms with Crippen molar-refractivity contribution in [3.8, 4) is 0 Å². The first-order chi connectivity index (χ1) is 7.58. The molecule has 1 aromatic heterocycles. The SMILES string of the molecule is Cc1nc(Cl)cc(NCCOCC(F)F)n1. The molecule has 0 aliphatic heterocycles. The fourth-order valence-corrected chi connectivity index (χ4v) is 1.27. The number of halogens is 3. The average molecular weight is 252 g/mol. The van der Waals surface area contributed by atoms with Crippen molar-refractivity contribution in [3.63, 3.8) is 0 Å². The van der Waals surface area contributed by atoms with E-state index in [1.54, 1.807) is 13.0 Å². The molecule has 1 heterocycles. The Morgan fingerprint density at radius 2 is 2.25 bits per heavy atom. The first-order valence-electron chi connectivity index (χ1n) is 4.69. The predicted molar refractivity (Wildman–Crippen MR) is 57.1 cm³/mol. The van der Waals surface area contributed by atoms with Crippen LogP contribution in [0.1, 0.15) is 5.82 Å². The van der Waals surface area contributed by atoms with Crippen LogP contribution in [0.25, 0.3) is 0 Å². The molecule has 90 valence electrons. The van der Waals surface area contributed by atoms with Gasteiger partial charge in [-0.05, 0) is 6.92 Å². The van der Waals surface area contributed by atoms with E-state index < -0.39 is 13.0 Å². The number of hydrogen-bond donors (Lipinski definition) is 1. The molecule has 16 heavy (non-hydrogen) atoms. The molecule has 0 amide bonds. The molecule has 0 saturated carbocycles. The van der Waals surface area contributed by atoms with Gasteiger partial charge in [0.1, 0.15) is 23.4 Å². The van der Waals surface area contributed by atoms with Gasteiger partial charge in [0.2, 0.25) is 0 Å². The fraction of sp³-hybridized carbons (Fsp3) is 0.556. The summed E-state index contributed by atoms with van der Waals surface area (Å²) in [4.78, 5) is 7.94. The van der Waals surface area contributed by atoms with E-state index in [4.69, 9.17) is 11.6 Å². The molecule has 7 heteroatoms. The van der Waals surface area contributed by atoms with E-state index in [0.29, 0.717) is 23.3 Å². The van der Waals surface area contributed by atoms with Crippen LogP contribution in [0.15, 0.2) is 6.07 Å². The summed E-state index contributed by atoms with van der Waals surface area (Å²) in [5.41, 5.74) is 0. The largest absolute Gasteiger partial charge is 0.374 e. The number of ether oxygens (including phenoxy) is 1. The van der Waals surface area contributed by atoms with E-state index in [2.05, 4.69) is 20.0 Å². The molecule has 0 unspecified atom stereocenters. The van der Waals surface area contributed by atoms with Crippen molar-refractivity contribution in [2.24, 2.45) is 0 Å². The normalized spacial score (nSPS) is 10.8. The van der Waals surface area contributed by atoms with Crippen molar-refractivity contribution in [1.82, 2.24) is 9.97 Å². The number of nitrogens with zero attached hydrogens (tertiary/aromatic N) is 2. The van der Waals surface area contributed by atoms with Gasteiger partial charge in [-0.15, -0.1) is 0 Å². The third-order valence-corrected chi connectivity index (χ3v) is 1.80. The third-order valence-electron chi connectivity index (χ3n) is 1.60. The van der Waals surface area contributed by atoms with Crippen LogP contribution in [0.3, 0.4) is 0 Å². The van der Waals surface area contributed by atoms with Crippen molar-refractivity contribution in [2.45, 2.75) is 13.3 Å². The summed E-state index contributed by atoms with van der Waals surface area (Å²) >= 11 is 5.71. The van der Waals surface area contributed by atoms with Crippen LogP contribution in [0.5, 0.6) is 0 Å². The van der Waals surface area contributed by atoms with Crippen LogP contribution >= 0.6 is 11.6 Å². The molecule has 1 N–H and O–H groups in total. The lowest BCUT2D eigenvalue weighted by Crippen LogP contribution is -2.14. The molecule has 0 fully saturated rings. The van der Waals surface area contributed by atoms with Gasteiger partial charge in [-0.1, -0.05) is 11.6 Å². The number of aromatic nitrogens is 2. The zero-order valence-electron chi connectivity index (χ0n) is 8.71. The van der Waals surface area contributed by atoms with Crippen LogP contribution in [-0.4, -0.2) is 36.2 Å². The fourth-order valence-electron chi connectivity index (χ4n) is 1.05. The Balaban J connectivity index is 2.26. The molecular weight excluding hydrogens is 240 g/mol. The van der Waals surface area contributed by atoms with E-state index >= 15 is 0 Å². The zero-order chi connectivity index (χ0) is 12.0. The Morgan fingerprint density at radius 3 is 2.88 bits per heavy atom. The van der Waals surface area contributed by atoms with E-state index in [1.165, 1.54) is 0 Å². The minimum atomic E-state index is -2.43. The summed E-state index contributed by atoms with van der Waals surface area (Å²) in [6, 6.07) is 1.56. The van der Waals surface area contributed by atoms with Crippen LogP contribution in [0, 0.1) is 6.92 Å². The molecule has 0 aliphatic rings. The van der Waals surface area contributed by atoms with E-state index in [1.807, 2.05) is 0 Å². The van der Waals surface area contributed by atoms with Gasteiger partial charge < -0.3 is 10.1 Å². The molecule has 0 spiro atoms. The van der Waals surface area contributed by atoms with Crippen LogP contribution in [-0.2, 0) is 4.74 Å². The maximum atomic E-state index is 11.7. The molecule has 4 nitrogen and oxygen atoms in total. The number of rotatable bonds is 6. The maximum absolute atomic E-state index is 11.7. The van der Waals surface area contributed by atoms with Gasteiger partial charge >= 0.3 is 0 Å². The highest BCUT2D eigenvalue weighted by Crippen LogP contribution is 2.10. The number of nitrogens with one attached hydrogen (secondary N) is 1. The van der Waals surface area contributed by atoms with Crippen LogP contribution in [0.4, 0.5) is 14.6 Å². The quantitative estimate of drug-likeness (QED) is 0.622. The number of anilines is 1. The number of alkyl halides is 2. The summed E-state index contributed by atoms with van der Waals surface area (Å²) in [5.74, 6) is 1.10. The summed E-state index contributed by atoms with van der Waals surface area (Å²) < 4.78 is 28.1. The molecule has 0 saturated heterocycles. The minimum Gasteiger partial charge on any atom is -0.374 e. The van der Waals surface area contributed by atoms with Crippen molar-refractivity contribution >= 4 is 17.4 Å². The molecule has 1 rings (SSSR count). The summed E-state index contributed by atoms with van der Waals surface area (Å²) in [7, 11) is 0. The average Bonchev–Trinajstić information content (AvgIpc) is 2.15. The van der Waals surface area contributed by atoms with Crippen molar-refractivity contribution in [2.75, 3.05) is 25.1 Å². The van der Waals surface area contributed by atoms with Gasteiger partial charge in [0.05, 0.1) is 6.61 Å². The first-order valence-corrected chi connectivity index (χ1v) is 5.06. The van der Waals surface area contributed by atoms with Gasteiger partial charge in [-0.2, -0.15) is 0 Å². The first kappa shape index (κ1) is 13.1. The second-order valence-electron chi connectivity index (χ2n) is 3.02. The number of aryl methyl sites for hydroxylation is 1. The molecule has 0 aromatic carbocycles. The summed E-state index contributed by atoms with van der Waals surface area (Å²) in [6.45, 7) is 1.74. The molecule has 0 radical (unpaired) electrons. The third kappa shape index (κ3) is 5.18. The lowest BCUT2D eigenvalue weighted by Gasteiger charge is -2.07. The maximum Gasteiger partial charge on any atom is 0.261 e. The monoisotopic (exact) mass is 251 g/mol. The minimum absolute atomic E-state index is 0.186. The van der Waals surface area contributed by atoms with Crippen molar-refractivity contribution in [1.29, 1.82) is 0 Å². The highest BCUT2D eigenvalue weighted by atomic mass is 35.5. The number of hydrogen-bond acceptors (Lipinski definition) is 4. The highest BCUT2D eigenvalue weighted by Gasteiger charge is 2.02. The smallest absolute Gasteiger partial charge is 0.261 e. The molecule has 1 aromatic rings. The predicted octanol–water partition coefficient (Wildman–Crippen LogP) is 2.13. The lowest BCUT2D eigenvalue weighted by molar-refractivity contribution is 0.0215. The standard InChI is InChI=1S/C9H12ClF2N3O/c1-6-14-7(10)4-9(15-6)13-2-3-16-5-8(11)12/h4,8H,2-3,5H2,1H3,(H,13,14,15). The Kier molecular flexibility index (Phi) is 5.34. The second kappa shape index (κ2) is 6.55. The zero-order valence-corrected chi connectivity index (χ0v) is 9.47. The Hall–Kier alpha value is -1.01. The summed E-state index contributed by atoms with van der Waals surface area (Å²) in [6.07, 6.45) is -2.43. The topological polar surface area (TPSA) is 47.0 Å². The molecule has 0 atom stereocenters. The van der Waals surface area contributed by atoms with Gasteiger partial charge in [-0.25, -0.2) is 18.7 Å². The van der Waals surface area contributed by atoms with Gasteiger partial charge in [0.25, 0.3) is 6.43 Å². The molecule has 0 aliphatic carbocycles. The van der Waals surface area contributed by atoms with Crippen molar-refractivity contribution in [3.05, 3.63) is 17.0 Å².